The first-order chi connectivity index (χ1) is 19.1. The molecule has 0 radical (unpaired) electrons. The first-order valence-electron chi connectivity index (χ1n) is 13.5. The Bertz CT molecular complexity index is 1220. The number of hydrogen-bond acceptors (Lipinski definition) is 9. The van der Waals surface area contributed by atoms with Crippen LogP contribution in [0, 0.1) is 0 Å². The van der Waals surface area contributed by atoms with Crippen molar-refractivity contribution in [1.82, 2.24) is 24.9 Å². The number of nitrogens with one attached hydrogen (secondary N) is 2. The second kappa shape index (κ2) is 15.0. The van der Waals surface area contributed by atoms with Crippen molar-refractivity contribution in [2.24, 2.45) is 0 Å². The van der Waals surface area contributed by atoms with Crippen LogP contribution in [0.15, 0.2) is 24.3 Å². The minimum Gasteiger partial charge on any atom is -0.494 e. The standard InChI is InChI=1S/C25H36N6O8S.2ClH/c1-2-3-18-39-20-6-4-19(5-7-20)28-14-16-30(17-15-28)40(37,38)25(23(34)27-36)8-11-29(12-9-25)24(35)31-13-10-26-21(32)22(31)33;;/h4-7,36H,2-3,8-18H2,1H3,(H,26,32)(H,27,34);2*1H. The lowest BCUT2D eigenvalue weighted by atomic mass is 9.95. The van der Waals surface area contributed by atoms with Gasteiger partial charge in [-0.25, -0.2) is 18.7 Å². The van der Waals surface area contributed by atoms with E-state index in [-0.39, 0.29) is 76.9 Å². The summed E-state index contributed by atoms with van der Waals surface area (Å²) in [5.74, 6) is -2.16. The molecule has 0 saturated carbocycles. The number of unbranched alkanes of at least 4 members (excludes halogenated alkanes) is 1. The van der Waals surface area contributed by atoms with E-state index >= 15 is 0 Å². The normalized spacial score (nSPS) is 19.2. The van der Waals surface area contributed by atoms with Crippen molar-refractivity contribution < 1.29 is 37.5 Å². The first kappa shape index (κ1) is 35.3. The van der Waals surface area contributed by atoms with Crippen molar-refractivity contribution in [3.05, 3.63) is 24.3 Å². The summed E-state index contributed by atoms with van der Waals surface area (Å²) in [6, 6.07) is 6.90. The van der Waals surface area contributed by atoms with Crippen LogP contribution in [-0.2, 0) is 24.4 Å². The zero-order valence-corrected chi connectivity index (χ0v) is 25.8. The van der Waals surface area contributed by atoms with Gasteiger partial charge >= 0.3 is 17.8 Å². The van der Waals surface area contributed by atoms with E-state index in [1.54, 1.807) is 0 Å². The molecule has 0 spiro atoms. The molecule has 17 heteroatoms. The Morgan fingerprint density at radius 2 is 1.62 bits per heavy atom. The molecular weight excluding hydrogens is 615 g/mol. The SMILES string of the molecule is CCCCOc1ccc(N2CCN(S(=O)(=O)C3(C(=O)NO)CCN(C(=O)N4CCNC(=O)C4=O)CC3)CC2)cc1.Cl.Cl. The highest BCUT2D eigenvalue weighted by Gasteiger charge is 2.56. The number of sulfonamides is 1. The highest BCUT2D eigenvalue weighted by atomic mass is 35.5. The van der Waals surface area contributed by atoms with E-state index in [0.717, 1.165) is 29.2 Å². The number of urea groups is 1. The van der Waals surface area contributed by atoms with Gasteiger partial charge in [-0.05, 0) is 43.5 Å². The molecule has 236 valence electrons. The molecule has 3 aliphatic rings. The average Bonchev–Trinajstić information content (AvgIpc) is 2.98. The number of ether oxygens (including phenoxy) is 1. The fourth-order valence-corrected chi connectivity index (χ4v) is 7.34. The molecule has 0 bridgehead atoms. The van der Waals surface area contributed by atoms with Crippen LogP contribution in [0.3, 0.4) is 0 Å². The van der Waals surface area contributed by atoms with Gasteiger partial charge in [0.25, 0.3) is 5.91 Å². The number of amides is 5. The number of carbonyl (C=O) groups excluding carboxylic acids is 4. The highest BCUT2D eigenvalue weighted by Crippen LogP contribution is 2.35. The van der Waals surface area contributed by atoms with Gasteiger partial charge in [-0.15, -0.1) is 24.8 Å². The Hall–Kier alpha value is -2.85. The molecule has 3 aliphatic heterocycles. The van der Waals surface area contributed by atoms with E-state index in [1.165, 1.54) is 14.7 Å². The van der Waals surface area contributed by atoms with E-state index in [0.29, 0.717) is 19.7 Å². The van der Waals surface area contributed by atoms with Gasteiger partial charge in [0.2, 0.25) is 10.0 Å². The van der Waals surface area contributed by atoms with Gasteiger partial charge in [-0.2, -0.15) is 4.31 Å². The Balaban J connectivity index is 0.00000308. The van der Waals surface area contributed by atoms with Crippen LogP contribution < -0.4 is 20.4 Å². The molecule has 3 N–H and O–H groups in total. The summed E-state index contributed by atoms with van der Waals surface area (Å²) in [5.41, 5.74) is 2.44. The maximum absolute atomic E-state index is 13.8. The second-order valence-corrected chi connectivity index (χ2v) is 12.3. The Labute approximate surface area is 257 Å². The van der Waals surface area contributed by atoms with E-state index in [1.807, 2.05) is 29.2 Å². The van der Waals surface area contributed by atoms with E-state index < -0.39 is 38.5 Å². The third-order valence-corrected chi connectivity index (χ3v) is 10.3. The lowest BCUT2D eigenvalue weighted by Gasteiger charge is -2.44. The maximum Gasteiger partial charge on any atom is 0.327 e. The van der Waals surface area contributed by atoms with Crippen LogP contribution in [0.25, 0.3) is 0 Å². The predicted octanol–water partition coefficient (Wildman–Crippen LogP) is 0.579. The van der Waals surface area contributed by atoms with E-state index in [4.69, 9.17) is 4.74 Å². The summed E-state index contributed by atoms with van der Waals surface area (Å²) < 4.78 is 32.7. The summed E-state index contributed by atoms with van der Waals surface area (Å²) in [4.78, 5) is 53.6. The number of piperidine rings is 1. The third kappa shape index (κ3) is 7.02. The minimum absolute atomic E-state index is 0. The Morgan fingerprint density at radius 3 is 2.19 bits per heavy atom. The molecule has 3 heterocycles. The van der Waals surface area contributed by atoms with Crippen LogP contribution in [0.5, 0.6) is 5.75 Å². The van der Waals surface area contributed by atoms with Gasteiger partial charge in [-0.1, -0.05) is 13.3 Å². The third-order valence-electron chi connectivity index (χ3n) is 7.69. The van der Waals surface area contributed by atoms with Gasteiger partial charge in [-0.3, -0.25) is 24.5 Å². The smallest absolute Gasteiger partial charge is 0.327 e. The molecule has 0 atom stereocenters. The lowest BCUT2D eigenvalue weighted by molar-refractivity contribution is -0.146. The zero-order valence-electron chi connectivity index (χ0n) is 23.3. The second-order valence-electron chi connectivity index (χ2n) is 10.0. The van der Waals surface area contributed by atoms with E-state index in [9.17, 15) is 32.8 Å². The van der Waals surface area contributed by atoms with Gasteiger partial charge in [0.05, 0.1) is 6.61 Å². The number of hydroxylamine groups is 1. The number of halogens is 2. The monoisotopic (exact) mass is 652 g/mol. The summed E-state index contributed by atoms with van der Waals surface area (Å²) in [5, 5.41) is 11.8. The van der Waals surface area contributed by atoms with E-state index in [2.05, 4.69) is 12.2 Å². The van der Waals surface area contributed by atoms with Crippen LogP contribution in [0.4, 0.5) is 10.5 Å². The van der Waals surface area contributed by atoms with Crippen molar-refractivity contribution in [2.75, 3.05) is 63.9 Å². The number of likely N-dealkylation sites (tertiary alicyclic amines) is 1. The predicted molar refractivity (Wildman–Crippen MR) is 158 cm³/mol. The Kier molecular flexibility index (Phi) is 12.7. The highest BCUT2D eigenvalue weighted by molar-refractivity contribution is 7.91. The minimum atomic E-state index is -4.24. The molecule has 3 fully saturated rings. The summed E-state index contributed by atoms with van der Waals surface area (Å²) in [6.07, 6.45) is 1.46. The molecule has 0 aromatic heterocycles. The van der Waals surface area contributed by atoms with Crippen LogP contribution in [0.2, 0.25) is 0 Å². The number of nitrogens with zero attached hydrogens (tertiary/aromatic N) is 4. The molecule has 42 heavy (non-hydrogen) atoms. The average molecular weight is 654 g/mol. The first-order valence-corrected chi connectivity index (χ1v) is 14.9. The number of benzene rings is 1. The number of rotatable bonds is 8. The molecule has 1 aromatic carbocycles. The van der Waals surface area contributed by atoms with Crippen LogP contribution in [0.1, 0.15) is 32.6 Å². The van der Waals surface area contributed by atoms with Gasteiger partial charge in [0.1, 0.15) is 5.75 Å². The molecule has 4 rings (SSSR count). The van der Waals surface area contributed by atoms with Crippen molar-refractivity contribution in [3.8, 4) is 5.75 Å². The topological polar surface area (TPSA) is 169 Å². The van der Waals surface area contributed by atoms with Crippen molar-refractivity contribution in [2.45, 2.75) is 37.4 Å². The van der Waals surface area contributed by atoms with Crippen LogP contribution in [-0.4, -0.2) is 115 Å². The molecule has 0 unspecified atom stereocenters. The van der Waals surface area contributed by atoms with Crippen molar-refractivity contribution >= 4 is 64.3 Å². The maximum atomic E-state index is 13.8. The summed E-state index contributed by atoms with van der Waals surface area (Å²) in [6.45, 7) is 3.64. The zero-order chi connectivity index (χ0) is 28.9. The quantitative estimate of drug-likeness (QED) is 0.157. The summed E-state index contributed by atoms with van der Waals surface area (Å²) in [7, 11) is -4.24. The fraction of sp³-hybridized carbons (Fsp3) is 0.600. The number of hydrogen-bond donors (Lipinski definition) is 3. The van der Waals surface area contributed by atoms with Gasteiger partial charge < -0.3 is 19.9 Å². The van der Waals surface area contributed by atoms with Gasteiger partial charge in [0, 0.05) is 58.0 Å². The van der Waals surface area contributed by atoms with Crippen LogP contribution >= 0.6 is 24.8 Å². The lowest BCUT2D eigenvalue weighted by Crippen LogP contribution is -2.65. The summed E-state index contributed by atoms with van der Waals surface area (Å²) >= 11 is 0. The molecule has 1 aromatic rings. The number of anilines is 1. The molecule has 0 aliphatic carbocycles. The number of carbonyl (C=O) groups is 4. The van der Waals surface area contributed by atoms with Gasteiger partial charge in [0.15, 0.2) is 4.75 Å². The molecular formula is C25H38Cl2N6O8S. The largest absolute Gasteiger partial charge is 0.494 e. The van der Waals surface area contributed by atoms with Crippen molar-refractivity contribution in [3.63, 3.8) is 0 Å². The molecule has 5 amide bonds. The Morgan fingerprint density at radius 1 is 1.00 bits per heavy atom. The number of piperazine rings is 2. The fourth-order valence-electron chi connectivity index (χ4n) is 5.22. The molecule has 14 nitrogen and oxygen atoms in total. The molecule has 3 saturated heterocycles. The number of imide groups is 1. The van der Waals surface area contributed by atoms with Crippen molar-refractivity contribution in [1.29, 1.82) is 0 Å².